The number of carbonyl (C=O) groups excluding carboxylic acids is 1. The van der Waals surface area contributed by atoms with E-state index in [1.807, 2.05) is 6.08 Å². The lowest BCUT2D eigenvalue weighted by molar-refractivity contribution is -0.119. The Morgan fingerprint density at radius 3 is 2.82 bits per heavy atom. The highest BCUT2D eigenvalue weighted by molar-refractivity contribution is 5.98. The zero-order valence-corrected chi connectivity index (χ0v) is 14.0. The monoisotopic (exact) mass is 297 g/mol. The van der Waals surface area contributed by atoms with Crippen molar-refractivity contribution in [2.24, 2.45) is 11.8 Å². The molecule has 0 bridgehead atoms. The molecule has 2 atom stereocenters. The van der Waals surface area contributed by atoms with Crippen LogP contribution in [-0.2, 0) is 11.2 Å². The van der Waals surface area contributed by atoms with E-state index in [9.17, 15) is 4.79 Å². The Morgan fingerprint density at radius 2 is 2.05 bits per heavy atom. The van der Waals surface area contributed by atoms with E-state index >= 15 is 0 Å². The zero-order valence-electron chi connectivity index (χ0n) is 14.0. The molecule has 1 saturated carbocycles. The van der Waals surface area contributed by atoms with Crippen molar-refractivity contribution in [2.45, 2.75) is 58.4 Å². The van der Waals surface area contributed by atoms with Crippen LogP contribution in [0.2, 0.25) is 0 Å². The van der Waals surface area contributed by atoms with Crippen molar-refractivity contribution < 1.29 is 4.79 Å². The fourth-order valence-electron chi connectivity index (χ4n) is 3.96. The Labute approximate surface area is 134 Å². The minimum absolute atomic E-state index is 0.000321. The molecule has 1 aliphatic heterocycles. The van der Waals surface area contributed by atoms with Crippen molar-refractivity contribution in [1.29, 1.82) is 0 Å². The van der Waals surface area contributed by atoms with E-state index in [2.05, 4.69) is 50.4 Å². The van der Waals surface area contributed by atoms with Gasteiger partial charge < -0.3 is 5.32 Å². The Hall–Kier alpha value is -1.57. The molecule has 1 fully saturated rings. The highest BCUT2D eigenvalue weighted by Crippen LogP contribution is 2.32. The quantitative estimate of drug-likeness (QED) is 0.822. The first-order valence-corrected chi connectivity index (χ1v) is 8.56. The molecule has 3 rings (SSSR count). The number of benzene rings is 1. The number of carbonyl (C=O) groups is 1. The van der Waals surface area contributed by atoms with Crippen LogP contribution >= 0.6 is 0 Å². The molecule has 0 saturated heterocycles. The third-order valence-corrected chi connectivity index (χ3v) is 5.04. The molecule has 0 spiro atoms. The normalized spacial score (nSPS) is 28.8. The zero-order chi connectivity index (χ0) is 15.7. The second-order valence-electron chi connectivity index (χ2n) is 7.77. The Balaban J connectivity index is 1.88. The van der Waals surface area contributed by atoms with Gasteiger partial charge in [0.05, 0.1) is 0 Å². The van der Waals surface area contributed by atoms with Gasteiger partial charge in [0.15, 0.2) is 5.78 Å². The molecule has 1 aromatic rings. The van der Waals surface area contributed by atoms with Crippen LogP contribution in [-0.4, -0.2) is 11.3 Å². The fraction of sp³-hybridized carbons (Fsp3) is 0.550. The van der Waals surface area contributed by atoms with Gasteiger partial charge in [-0.1, -0.05) is 44.0 Å². The molecule has 0 amide bonds. The molecule has 2 heteroatoms. The van der Waals surface area contributed by atoms with E-state index in [0.29, 0.717) is 11.7 Å². The Morgan fingerprint density at radius 1 is 1.27 bits per heavy atom. The molecule has 1 aromatic carbocycles. The first kappa shape index (κ1) is 15.3. The van der Waals surface area contributed by atoms with Gasteiger partial charge in [0.2, 0.25) is 0 Å². The minimum atomic E-state index is 0.000321. The Bertz CT molecular complexity index is 599. The molecule has 2 aliphatic rings. The maximum Gasteiger partial charge on any atom is 0.160 e. The van der Waals surface area contributed by atoms with E-state index in [-0.39, 0.29) is 11.5 Å². The van der Waals surface area contributed by atoms with E-state index in [1.165, 1.54) is 24.0 Å². The van der Waals surface area contributed by atoms with Gasteiger partial charge >= 0.3 is 0 Å². The third kappa shape index (κ3) is 3.26. The molecule has 1 aliphatic carbocycles. The first-order valence-electron chi connectivity index (χ1n) is 8.56. The lowest BCUT2D eigenvalue weighted by Crippen LogP contribution is -2.44. The number of ketones is 1. The topological polar surface area (TPSA) is 29.1 Å². The lowest BCUT2D eigenvalue weighted by atomic mass is 9.79. The molecule has 22 heavy (non-hydrogen) atoms. The van der Waals surface area contributed by atoms with Gasteiger partial charge in [-0.25, -0.2) is 0 Å². The second kappa shape index (κ2) is 5.91. The second-order valence-corrected chi connectivity index (χ2v) is 7.77. The number of rotatable bonds is 2. The van der Waals surface area contributed by atoms with E-state index in [0.717, 1.165) is 25.0 Å². The first-order chi connectivity index (χ1) is 10.4. The van der Waals surface area contributed by atoms with Crippen molar-refractivity contribution in [2.75, 3.05) is 0 Å². The molecular formula is C20H27NO. The van der Waals surface area contributed by atoms with E-state index in [4.69, 9.17) is 0 Å². The molecule has 1 heterocycles. The van der Waals surface area contributed by atoms with Crippen LogP contribution in [0.5, 0.6) is 0 Å². The number of hydrogen-bond donors (Lipinski definition) is 1. The van der Waals surface area contributed by atoms with Gasteiger partial charge in [-0.15, -0.1) is 0 Å². The van der Waals surface area contributed by atoms with Gasteiger partial charge in [0.25, 0.3) is 0 Å². The molecule has 0 radical (unpaired) electrons. The van der Waals surface area contributed by atoms with Gasteiger partial charge in [-0.2, -0.15) is 0 Å². The lowest BCUT2D eigenvalue weighted by Gasteiger charge is -2.36. The van der Waals surface area contributed by atoms with Crippen LogP contribution < -0.4 is 5.32 Å². The summed E-state index contributed by atoms with van der Waals surface area (Å²) in [4.78, 5) is 12.7. The van der Waals surface area contributed by atoms with Crippen molar-refractivity contribution in [1.82, 2.24) is 5.32 Å². The summed E-state index contributed by atoms with van der Waals surface area (Å²) in [5, 5.41) is 3.57. The van der Waals surface area contributed by atoms with Gasteiger partial charge in [-0.3, -0.25) is 4.79 Å². The number of hydrogen-bond acceptors (Lipinski definition) is 2. The average molecular weight is 297 g/mol. The predicted molar refractivity (Wildman–Crippen MR) is 91.5 cm³/mol. The summed E-state index contributed by atoms with van der Waals surface area (Å²) in [7, 11) is 0. The molecule has 1 N–H and O–H groups in total. The largest absolute Gasteiger partial charge is 0.379 e. The SMILES string of the molecule is C[C@H]1CCC[C@@H](C(=O)/C=C2\NC(C)(C)Cc3ccccc32)C1. The summed E-state index contributed by atoms with van der Waals surface area (Å²) in [6, 6.07) is 8.45. The third-order valence-electron chi connectivity index (χ3n) is 5.04. The van der Waals surface area contributed by atoms with Crippen LogP contribution in [0.3, 0.4) is 0 Å². The highest BCUT2D eigenvalue weighted by atomic mass is 16.1. The summed E-state index contributed by atoms with van der Waals surface area (Å²) in [5.74, 6) is 1.21. The molecule has 2 nitrogen and oxygen atoms in total. The van der Waals surface area contributed by atoms with Crippen LogP contribution in [0.4, 0.5) is 0 Å². The van der Waals surface area contributed by atoms with E-state index in [1.54, 1.807) is 0 Å². The summed E-state index contributed by atoms with van der Waals surface area (Å²) in [5.41, 5.74) is 3.54. The number of allylic oxidation sites excluding steroid dienone is 1. The molecular weight excluding hydrogens is 270 g/mol. The molecule has 0 aromatic heterocycles. The minimum Gasteiger partial charge on any atom is -0.379 e. The van der Waals surface area contributed by atoms with Crippen molar-refractivity contribution in [3.63, 3.8) is 0 Å². The standard InChI is InChI=1S/C20H27NO/c1-14-7-6-9-15(11-14)19(22)12-18-17-10-5-4-8-16(17)13-20(2,3)21-18/h4-5,8,10,12,14-15,21H,6-7,9,11,13H2,1-3H3/b18-12-/t14-,15+/m0/s1. The molecule has 0 unspecified atom stereocenters. The summed E-state index contributed by atoms with van der Waals surface area (Å²) >= 11 is 0. The maximum atomic E-state index is 12.7. The van der Waals surface area contributed by atoms with Crippen LogP contribution in [0.15, 0.2) is 30.3 Å². The smallest absolute Gasteiger partial charge is 0.160 e. The number of fused-ring (bicyclic) bond motifs is 1. The highest BCUT2D eigenvalue weighted by Gasteiger charge is 2.29. The molecule has 118 valence electrons. The average Bonchev–Trinajstić information content (AvgIpc) is 2.46. The van der Waals surface area contributed by atoms with Crippen molar-refractivity contribution >= 4 is 11.5 Å². The van der Waals surface area contributed by atoms with Crippen molar-refractivity contribution in [3.05, 3.63) is 41.5 Å². The van der Waals surface area contributed by atoms with Crippen LogP contribution in [0.25, 0.3) is 5.70 Å². The summed E-state index contributed by atoms with van der Waals surface area (Å²) < 4.78 is 0. The number of nitrogens with one attached hydrogen (secondary N) is 1. The van der Waals surface area contributed by atoms with E-state index < -0.39 is 0 Å². The van der Waals surface area contributed by atoms with Crippen LogP contribution in [0.1, 0.15) is 57.6 Å². The summed E-state index contributed by atoms with van der Waals surface area (Å²) in [6.45, 7) is 6.66. The van der Waals surface area contributed by atoms with Gasteiger partial charge in [-0.05, 0) is 44.6 Å². The fourth-order valence-corrected chi connectivity index (χ4v) is 3.96. The van der Waals surface area contributed by atoms with Gasteiger partial charge in [0, 0.05) is 28.8 Å². The van der Waals surface area contributed by atoms with Gasteiger partial charge in [0.1, 0.15) is 0 Å². The maximum absolute atomic E-state index is 12.7. The summed E-state index contributed by atoms with van der Waals surface area (Å²) in [6.07, 6.45) is 7.44. The van der Waals surface area contributed by atoms with Crippen molar-refractivity contribution in [3.8, 4) is 0 Å². The predicted octanol–water partition coefficient (Wildman–Crippen LogP) is 4.35. The Kier molecular flexibility index (Phi) is 4.12. The van der Waals surface area contributed by atoms with Crippen LogP contribution in [0, 0.1) is 11.8 Å².